The van der Waals surface area contributed by atoms with E-state index in [0.717, 1.165) is 25.7 Å². The first-order valence-electron chi connectivity index (χ1n) is 6.72. The monoisotopic (exact) mass is 297 g/mol. The third-order valence-electron chi connectivity index (χ3n) is 3.37. The van der Waals surface area contributed by atoms with Crippen molar-refractivity contribution < 1.29 is 13.2 Å². The second kappa shape index (κ2) is 6.21. The zero-order chi connectivity index (χ0) is 14.6. The Morgan fingerprint density at radius 2 is 1.90 bits per heavy atom. The molecule has 1 aromatic heterocycles. The van der Waals surface area contributed by atoms with Crippen LogP contribution in [0.2, 0.25) is 0 Å². The lowest BCUT2D eigenvalue weighted by Gasteiger charge is -2.20. The van der Waals surface area contributed by atoms with Gasteiger partial charge in [0.2, 0.25) is 15.7 Å². The molecular formula is C13H19N3O3S. The average Bonchev–Trinajstić information content (AvgIpc) is 2.67. The number of hydrogen-bond acceptors (Lipinski definition) is 5. The molecule has 110 valence electrons. The minimum absolute atomic E-state index is 0.0798. The summed E-state index contributed by atoms with van der Waals surface area (Å²) in [4.78, 5) is 17.5. The summed E-state index contributed by atoms with van der Waals surface area (Å²) in [7, 11) is -3.78. The lowest BCUT2D eigenvalue weighted by molar-refractivity contribution is -0.128. The Morgan fingerprint density at radius 3 is 2.50 bits per heavy atom. The summed E-state index contributed by atoms with van der Waals surface area (Å²) < 4.78 is 24.4. The van der Waals surface area contributed by atoms with E-state index in [9.17, 15) is 13.2 Å². The molecule has 1 amide bonds. The van der Waals surface area contributed by atoms with Gasteiger partial charge in [0.05, 0.1) is 5.69 Å². The van der Waals surface area contributed by atoms with E-state index in [1.807, 2.05) is 0 Å². The molecule has 0 spiro atoms. The van der Waals surface area contributed by atoms with Crippen LogP contribution in [-0.2, 0) is 14.6 Å². The summed E-state index contributed by atoms with van der Waals surface area (Å²) in [6.45, 7) is 1.26. The Balaban J connectivity index is 2.12. The zero-order valence-electron chi connectivity index (χ0n) is 11.3. The van der Waals surface area contributed by atoms with Crippen molar-refractivity contribution in [1.82, 2.24) is 9.88 Å². The quantitative estimate of drug-likeness (QED) is 0.892. The normalized spacial score (nSPS) is 16.7. The summed E-state index contributed by atoms with van der Waals surface area (Å²) >= 11 is 0. The van der Waals surface area contributed by atoms with Crippen molar-refractivity contribution in [2.45, 2.75) is 30.7 Å². The third kappa shape index (κ3) is 3.47. The molecule has 0 bridgehead atoms. The molecule has 20 heavy (non-hydrogen) atoms. The number of pyridine rings is 1. The van der Waals surface area contributed by atoms with E-state index in [-0.39, 0.29) is 16.6 Å². The van der Waals surface area contributed by atoms with E-state index in [4.69, 9.17) is 5.73 Å². The van der Waals surface area contributed by atoms with Gasteiger partial charge in [0.1, 0.15) is 5.75 Å². The van der Waals surface area contributed by atoms with Crippen molar-refractivity contribution in [3.63, 3.8) is 0 Å². The van der Waals surface area contributed by atoms with E-state index >= 15 is 0 Å². The molecule has 6 nitrogen and oxygen atoms in total. The van der Waals surface area contributed by atoms with Gasteiger partial charge in [-0.3, -0.25) is 4.79 Å². The number of carbonyl (C=O) groups is 1. The number of anilines is 1. The van der Waals surface area contributed by atoms with Crippen molar-refractivity contribution >= 4 is 21.4 Å². The SMILES string of the molecule is Nc1cccnc1S(=O)(=O)CC(=O)N1CCCCCC1. The molecule has 0 unspecified atom stereocenters. The maximum absolute atomic E-state index is 12.2. The molecule has 0 aliphatic carbocycles. The van der Waals surface area contributed by atoms with Crippen LogP contribution in [0.15, 0.2) is 23.4 Å². The molecule has 1 aromatic rings. The van der Waals surface area contributed by atoms with Crippen molar-refractivity contribution in [1.29, 1.82) is 0 Å². The summed E-state index contributed by atoms with van der Waals surface area (Å²) in [5.41, 5.74) is 5.70. The molecule has 1 aliphatic heterocycles. The number of hydrogen-bond donors (Lipinski definition) is 1. The highest BCUT2D eigenvalue weighted by atomic mass is 32.2. The standard InChI is InChI=1S/C13H19N3O3S/c14-11-6-5-7-15-13(11)20(18,19)10-12(17)16-8-3-1-2-4-9-16/h5-7H,1-4,8-10,14H2. The molecule has 2 N–H and O–H groups in total. The molecule has 2 rings (SSSR count). The second-order valence-corrected chi connectivity index (χ2v) is 6.86. The highest BCUT2D eigenvalue weighted by Gasteiger charge is 2.26. The first-order valence-corrected chi connectivity index (χ1v) is 8.37. The Morgan fingerprint density at radius 1 is 1.25 bits per heavy atom. The molecule has 0 aromatic carbocycles. The van der Waals surface area contributed by atoms with Gasteiger partial charge in [-0.25, -0.2) is 13.4 Å². The predicted octanol–water partition coefficient (Wildman–Crippen LogP) is 0.840. The molecule has 0 atom stereocenters. The van der Waals surface area contributed by atoms with Gasteiger partial charge < -0.3 is 10.6 Å². The number of nitrogens with two attached hydrogens (primary N) is 1. The Bertz CT molecular complexity index is 578. The third-order valence-corrected chi connectivity index (χ3v) is 4.92. The van der Waals surface area contributed by atoms with Crippen molar-refractivity contribution in [2.75, 3.05) is 24.6 Å². The minimum atomic E-state index is -3.78. The maximum Gasteiger partial charge on any atom is 0.238 e. The lowest BCUT2D eigenvalue weighted by Crippen LogP contribution is -2.36. The Hall–Kier alpha value is -1.63. The number of nitrogen functional groups attached to an aromatic ring is 1. The fraction of sp³-hybridized carbons (Fsp3) is 0.538. The van der Waals surface area contributed by atoms with Crippen LogP contribution in [-0.4, -0.2) is 43.1 Å². The summed E-state index contributed by atoms with van der Waals surface area (Å²) in [5.74, 6) is -0.925. The number of aromatic nitrogens is 1. The van der Waals surface area contributed by atoms with Crippen LogP contribution in [0.1, 0.15) is 25.7 Å². The molecular weight excluding hydrogens is 278 g/mol. The van der Waals surface area contributed by atoms with Crippen LogP contribution in [0.3, 0.4) is 0 Å². The second-order valence-electron chi connectivity index (χ2n) is 4.95. The summed E-state index contributed by atoms with van der Waals surface area (Å²) in [6, 6.07) is 3.03. The number of nitrogens with zero attached hydrogens (tertiary/aromatic N) is 2. The first kappa shape index (κ1) is 14.8. The molecule has 1 fully saturated rings. The number of likely N-dealkylation sites (tertiary alicyclic amines) is 1. The van der Waals surface area contributed by atoms with Gasteiger partial charge in [0.25, 0.3) is 0 Å². The highest BCUT2D eigenvalue weighted by molar-refractivity contribution is 7.92. The van der Waals surface area contributed by atoms with Gasteiger partial charge in [-0.15, -0.1) is 0 Å². The molecule has 0 radical (unpaired) electrons. The number of amides is 1. The van der Waals surface area contributed by atoms with Gasteiger partial charge in [-0.05, 0) is 25.0 Å². The molecule has 7 heteroatoms. The average molecular weight is 297 g/mol. The van der Waals surface area contributed by atoms with E-state index < -0.39 is 15.6 Å². The fourth-order valence-electron chi connectivity index (χ4n) is 2.31. The van der Waals surface area contributed by atoms with Crippen LogP contribution in [0, 0.1) is 0 Å². The maximum atomic E-state index is 12.2. The highest BCUT2D eigenvalue weighted by Crippen LogP contribution is 2.17. The molecule has 1 aliphatic rings. The Labute approximate surface area is 118 Å². The van der Waals surface area contributed by atoms with Crippen LogP contribution >= 0.6 is 0 Å². The Kier molecular flexibility index (Phi) is 4.59. The topological polar surface area (TPSA) is 93.4 Å². The van der Waals surface area contributed by atoms with E-state index in [1.54, 1.807) is 11.0 Å². The summed E-state index contributed by atoms with van der Waals surface area (Å²) in [6.07, 6.45) is 5.39. The minimum Gasteiger partial charge on any atom is -0.396 e. The van der Waals surface area contributed by atoms with Crippen molar-refractivity contribution in [3.05, 3.63) is 18.3 Å². The number of rotatable bonds is 3. The largest absolute Gasteiger partial charge is 0.396 e. The predicted molar refractivity (Wildman–Crippen MR) is 75.8 cm³/mol. The van der Waals surface area contributed by atoms with E-state index in [0.29, 0.717) is 13.1 Å². The number of sulfone groups is 1. The summed E-state index contributed by atoms with van der Waals surface area (Å²) in [5, 5.41) is -0.205. The van der Waals surface area contributed by atoms with Gasteiger partial charge in [-0.1, -0.05) is 12.8 Å². The fourth-order valence-corrected chi connectivity index (χ4v) is 3.60. The number of carbonyl (C=O) groups excluding carboxylic acids is 1. The van der Waals surface area contributed by atoms with Crippen LogP contribution in [0.4, 0.5) is 5.69 Å². The molecule has 0 saturated carbocycles. The van der Waals surface area contributed by atoms with Gasteiger partial charge >= 0.3 is 0 Å². The molecule has 1 saturated heterocycles. The first-order chi connectivity index (χ1) is 9.50. The zero-order valence-corrected chi connectivity index (χ0v) is 12.1. The van der Waals surface area contributed by atoms with Crippen LogP contribution in [0.5, 0.6) is 0 Å². The smallest absolute Gasteiger partial charge is 0.238 e. The van der Waals surface area contributed by atoms with Gasteiger partial charge in [0, 0.05) is 19.3 Å². The van der Waals surface area contributed by atoms with Gasteiger partial charge in [-0.2, -0.15) is 0 Å². The van der Waals surface area contributed by atoms with Crippen molar-refractivity contribution in [2.24, 2.45) is 0 Å². The van der Waals surface area contributed by atoms with E-state index in [1.165, 1.54) is 12.3 Å². The van der Waals surface area contributed by atoms with Gasteiger partial charge in [0.15, 0.2) is 5.03 Å². The lowest BCUT2D eigenvalue weighted by atomic mass is 10.2. The van der Waals surface area contributed by atoms with Crippen molar-refractivity contribution in [3.8, 4) is 0 Å². The van der Waals surface area contributed by atoms with Crippen LogP contribution < -0.4 is 5.73 Å². The van der Waals surface area contributed by atoms with Crippen LogP contribution in [0.25, 0.3) is 0 Å². The molecule has 2 heterocycles. The van der Waals surface area contributed by atoms with E-state index in [2.05, 4.69) is 4.98 Å².